The molecule has 2 rings (SSSR count). The number of benzene rings is 1. The van der Waals surface area contributed by atoms with E-state index in [9.17, 15) is 9.18 Å². The lowest BCUT2D eigenvalue weighted by molar-refractivity contribution is -0.136. The molecule has 0 aliphatic rings. The largest absolute Gasteiger partial charge is 0.481 e. The molecule has 0 spiro atoms. The lowest BCUT2D eigenvalue weighted by Crippen LogP contribution is -2.03. The molecule has 3 nitrogen and oxygen atoms in total. The number of pyridine rings is 1. The Balaban J connectivity index is 2.69. The molecule has 5 heteroatoms. The average molecular weight is 240 g/mol. The fourth-order valence-corrected chi connectivity index (χ4v) is 1.75. The third-order valence-electron chi connectivity index (χ3n) is 2.16. The van der Waals surface area contributed by atoms with Gasteiger partial charge in [-0.05, 0) is 23.6 Å². The van der Waals surface area contributed by atoms with Crippen molar-refractivity contribution in [2.24, 2.45) is 0 Å². The molecule has 82 valence electrons. The van der Waals surface area contributed by atoms with Crippen LogP contribution >= 0.6 is 11.6 Å². The quantitative estimate of drug-likeness (QED) is 0.820. The molecule has 0 saturated heterocycles. The van der Waals surface area contributed by atoms with Crippen LogP contribution in [0.25, 0.3) is 10.8 Å². The molecule has 16 heavy (non-hydrogen) atoms. The molecular weight excluding hydrogens is 233 g/mol. The summed E-state index contributed by atoms with van der Waals surface area (Å²) >= 11 is 5.75. The van der Waals surface area contributed by atoms with Crippen molar-refractivity contribution in [1.29, 1.82) is 0 Å². The maximum absolute atomic E-state index is 13.0. The number of halogens is 2. The van der Waals surface area contributed by atoms with Gasteiger partial charge in [-0.25, -0.2) is 9.37 Å². The van der Waals surface area contributed by atoms with Crippen LogP contribution in [0.1, 0.15) is 5.69 Å². The minimum atomic E-state index is -1.03. The molecule has 1 aromatic carbocycles. The summed E-state index contributed by atoms with van der Waals surface area (Å²) in [6, 6.07) is 5.67. The minimum Gasteiger partial charge on any atom is -0.481 e. The van der Waals surface area contributed by atoms with Gasteiger partial charge in [0.2, 0.25) is 0 Å². The molecule has 0 amide bonds. The zero-order valence-electron chi connectivity index (χ0n) is 8.08. The Morgan fingerprint density at radius 2 is 2.19 bits per heavy atom. The van der Waals surface area contributed by atoms with Crippen LogP contribution in [0.5, 0.6) is 0 Å². The molecule has 0 aliphatic heterocycles. The Hall–Kier alpha value is -1.68. The summed E-state index contributed by atoms with van der Waals surface area (Å²) in [5, 5.41) is 10.1. The lowest BCUT2D eigenvalue weighted by atomic mass is 10.1. The summed E-state index contributed by atoms with van der Waals surface area (Å²) in [6.45, 7) is 0. The second-order valence-electron chi connectivity index (χ2n) is 3.33. The van der Waals surface area contributed by atoms with Crippen LogP contribution in [0.15, 0.2) is 24.3 Å². The third kappa shape index (κ3) is 2.12. The van der Waals surface area contributed by atoms with E-state index in [1.165, 1.54) is 12.1 Å². The van der Waals surface area contributed by atoms with E-state index in [2.05, 4.69) is 4.98 Å². The third-order valence-corrected chi connectivity index (χ3v) is 2.35. The van der Waals surface area contributed by atoms with E-state index in [1.54, 1.807) is 12.1 Å². The fraction of sp³-hybridized carbons (Fsp3) is 0.0909. The van der Waals surface area contributed by atoms with Gasteiger partial charge in [0, 0.05) is 5.39 Å². The smallest absolute Gasteiger partial charge is 0.309 e. The van der Waals surface area contributed by atoms with Gasteiger partial charge in [-0.2, -0.15) is 0 Å². The first kappa shape index (κ1) is 10.8. The standard InChI is InChI=1S/C11H7ClFNO2/c12-10-3-6-1-2-7(13)4-8(6)9(14-10)5-11(15)16/h1-4H,5H2,(H,15,16). The summed E-state index contributed by atoms with van der Waals surface area (Å²) in [5.41, 5.74) is 0.273. The van der Waals surface area contributed by atoms with Crippen molar-refractivity contribution in [1.82, 2.24) is 4.98 Å². The molecule has 2 aromatic rings. The first-order chi connectivity index (χ1) is 7.56. The van der Waals surface area contributed by atoms with E-state index in [0.717, 1.165) is 0 Å². The molecular formula is C11H7ClFNO2. The van der Waals surface area contributed by atoms with Gasteiger partial charge in [0.25, 0.3) is 0 Å². The Labute approximate surface area is 95.5 Å². The predicted octanol–water partition coefficient (Wildman–Crippen LogP) is 2.65. The SMILES string of the molecule is O=C(O)Cc1nc(Cl)cc2ccc(F)cc12. The number of aliphatic carboxylic acids is 1. The first-order valence-corrected chi connectivity index (χ1v) is 4.90. The minimum absolute atomic E-state index is 0.204. The molecule has 0 unspecified atom stereocenters. The molecule has 0 radical (unpaired) electrons. The number of rotatable bonds is 2. The van der Waals surface area contributed by atoms with E-state index in [-0.39, 0.29) is 17.3 Å². The molecule has 0 atom stereocenters. The summed E-state index contributed by atoms with van der Waals surface area (Å²) in [5.74, 6) is -1.46. The second kappa shape index (κ2) is 4.06. The van der Waals surface area contributed by atoms with Crippen molar-refractivity contribution in [3.05, 3.63) is 40.9 Å². The monoisotopic (exact) mass is 239 g/mol. The van der Waals surface area contributed by atoms with E-state index in [1.807, 2.05) is 0 Å². The van der Waals surface area contributed by atoms with Crippen molar-refractivity contribution in [3.63, 3.8) is 0 Å². The lowest BCUT2D eigenvalue weighted by Gasteiger charge is -2.04. The van der Waals surface area contributed by atoms with Crippen molar-refractivity contribution in [2.75, 3.05) is 0 Å². The summed E-state index contributed by atoms with van der Waals surface area (Å²) < 4.78 is 13.0. The fourth-order valence-electron chi connectivity index (χ4n) is 1.53. The van der Waals surface area contributed by atoms with Gasteiger partial charge in [0.1, 0.15) is 11.0 Å². The molecule has 0 bridgehead atoms. The predicted molar refractivity (Wildman–Crippen MR) is 58.1 cm³/mol. The first-order valence-electron chi connectivity index (χ1n) is 4.53. The van der Waals surface area contributed by atoms with E-state index >= 15 is 0 Å². The van der Waals surface area contributed by atoms with Crippen LogP contribution in [0.3, 0.4) is 0 Å². The number of carboxylic acids is 1. The van der Waals surface area contributed by atoms with Crippen LogP contribution in [-0.4, -0.2) is 16.1 Å². The van der Waals surface area contributed by atoms with Gasteiger partial charge >= 0.3 is 5.97 Å². The zero-order chi connectivity index (χ0) is 11.7. The normalized spacial score (nSPS) is 10.6. The van der Waals surface area contributed by atoms with Gasteiger partial charge in [-0.1, -0.05) is 17.7 Å². The number of aromatic nitrogens is 1. The highest BCUT2D eigenvalue weighted by Crippen LogP contribution is 2.22. The molecule has 0 saturated carbocycles. The van der Waals surface area contributed by atoms with Crippen LogP contribution in [0.4, 0.5) is 4.39 Å². The van der Waals surface area contributed by atoms with Crippen LogP contribution in [0, 0.1) is 5.82 Å². The number of nitrogens with zero attached hydrogens (tertiary/aromatic N) is 1. The number of fused-ring (bicyclic) bond motifs is 1. The van der Waals surface area contributed by atoms with E-state index in [4.69, 9.17) is 16.7 Å². The summed E-state index contributed by atoms with van der Waals surface area (Å²) in [6.07, 6.45) is -0.277. The Bertz CT molecular complexity index is 571. The number of carbonyl (C=O) groups is 1. The van der Waals surface area contributed by atoms with Crippen molar-refractivity contribution in [2.45, 2.75) is 6.42 Å². The summed E-state index contributed by atoms with van der Waals surface area (Å²) in [4.78, 5) is 14.5. The van der Waals surface area contributed by atoms with Gasteiger partial charge < -0.3 is 5.11 Å². The maximum atomic E-state index is 13.0. The van der Waals surface area contributed by atoms with E-state index < -0.39 is 11.8 Å². The molecule has 0 aliphatic carbocycles. The van der Waals surface area contributed by atoms with Crippen LogP contribution < -0.4 is 0 Å². The van der Waals surface area contributed by atoms with Gasteiger partial charge in [0.05, 0.1) is 12.1 Å². The average Bonchev–Trinajstić information content (AvgIpc) is 2.18. The Morgan fingerprint density at radius 1 is 1.44 bits per heavy atom. The number of carboxylic acid groups (broad SMARTS) is 1. The van der Waals surface area contributed by atoms with E-state index in [0.29, 0.717) is 10.8 Å². The van der Waals surface area contributed by atoms with Gasteiger partial charge in [-0.3, -0.25) is 4.79 Å². The summed E-state index contributed by atoms with van der Waals surface area (Å²) in [7, 11) is 0. The van der Waals surface area contributed by atoms with Crippen molar-refractivity contribution >= 4 is 28.3 Å². The molecule has 1 heterocycles. The molecule has 0 fully saturated rings. The highest BCUT2D eigenvalue weighted by Gasteiger charge is 2.09. The Morgan fingerprint density at radius 3 is 2.88 bits per heavy atom. The molecule has 1 aromatic heterocycles. The van der Waals surface area contributed by atoms with Crippen LogP contribution in [0.2, 0.25) is 5.15 Å². The Kier molecular flexibility index (Phi) is 2.75. The zero-order valence-corrected chi connectivity index (χ0v) is 8.83. The highest BCUT2D eigenvalue weighted by molar-refractivity contribution is 6.30. The van der Waals surface area contributed by atoms with Gasteiger partial charge in [0.15, 0.2) is 0 Å². The second-order valence-corrected chi connectivity index (χ2v) is 3.71. The number of hydrogen-bond donors (Lipinski definition) is 1. The van der Waals surface area contributed by atoms with Gasteiger partial charge in [-0.15, -0.1) is 0 Å². The highest BCUT2D eigenvalue weighted by atomic mass is 35.5. The molecule has 1 N–H and O–H groups in total. The van der Waals surface area contributed by atoms with Crippen LogP contribution in [-0.2, 0) is 11.2 Å². The number of hydrogen-bond acceptors (Lipinski definition) is 2. The maximum Gasteiger partial charge on any atom is 0.309 e. The topological polar surface area (TPSA) is 50.2 Å². The van der Waals surface area contributed by atoms with Crippen molar-refractivity contribution in [3.8, 4) is 0 Å². The van der Waals surface area contributed by atoms with Crippen molar-refractivity contribution < 1.29 is 14.3 Å².